The van der Waals surface area contributed by atoms with Crippen molar-refractivity contribution < 1.29 is 4.79 Å². The standard InChI is InChI=1S/C16H31N3O.ClH/c1-13(2)15(17)16(20)19-10-8-18(9-11-19)12-14-6-4-3-5-7-14;/h13-15H,3-12,17H2,1-2H3;1H/t15-;/m0./s1. The predicted octanol–water partition coefficient (Wildman–Crippen LogP) is 2.12. The lowest BCUT2D eigenvalue weighted by Gasteiger charge is -2.38. The summed E-state index contributed by atoms with van der Waals surface area (Å²) in [6.07, 6.45) is 7.04. The fourth-order valence-corrected chi connectivity index (χ4v) is 3.38. The first-order valence-electron chi connectivity index (χ1n) is 8.34. The first-order chi connectivity index (χ1) is 9.58. The van der Waals surface area contributed by atoms with Crippen LogP contribution in [0.2, 0.25) is 0 Å². The molecule has 2 fully saturated rings. The van der Waals surface area contributed by atoms with Gasteiger partial charge in [0.05, 0.1) is 6.04 Å². The van der Waals surface area contributed by atoms with E-state index in [9.17, 15) is 4.79 Å². The number of amides is 1. The van der Waals surface area contributed by atoms with E-state index in [0.717, 1.165) is 32.1 Å². The number of carbonyl (C=O) groups is 1. The third-order valence-corrected chi connectivity index (χ3v) is 4.93. The summed E-state index contributed by atoms with van der Waals surface area (Å²) < 4.78 is 0. The average Bonchev–Trinajstić information content (AvgIpc) is 2.47. The minimum absolute atomic E-state index is 0. The second-order valence-electron chi connectivity index (χ2n) is 6.90. The van der Waals surface area contributed by atoms with Crippen molar-refractivity contribution in [2.24, 2.45) is 17.6 Å². The Bertz CT molecular complexity index is 311. The molecule has 0 aromatic carbocycles. The van der Waals surface area contributed by atoms with Gasteiger partial charge in [0, 0.05) is 32.7 Å². The van der Waals surface area contributed by atoms with Crippen molar-refractivity contribution in [3.63, 3.8) is 0 Å². The van der Waals surface area contributed by atoms with Gasteiger partial charge in [-0.25, -0.2) is 0 Å². The van der Waals surface area contributed by atoms with E-state index in [0.29, 0.717) is 0 Å². The summed E-state index contributed by atoms with van der Waals surface area (Å²) in [7, 11) is 0. The molecule has 2 N–H and O–H groups in total. The molecular weight excluding hydrogens is 286 g/mol. The Morgan fingerprint density at radius 1 is 1.10 bits per heavy atom. The Morgan fingerprint density at radius 3 is 2.19 bits per heavy atom. The smallest absolute Gasteiger partial charge is 0.239 e. The van der Waals surface area contributed by atoms with E-state index in [1.165, 1.54) is 38.6 Å². The van der Waals surface area contributed by atoms with Gasteiger partial charge in [0.15, 0.2) is 0 Å². The highest BCUT2D eigenvalue weighted by molar-refractivity contribution is 5.85. The quantitative estimate of drug-likeness (QED) is 0.864. The third kappa shape index (κ3) is 5.42. The minimum atomic E-state index is -0.333. The van der Waals surface area contributed by atoms with Crippen LogP contribution in [0.1, 0.15) is 46.0 Å². The maximum absolute atomic E-state index is 12.2. The molecule has 5 heteroatoms. The molecule has 1 amide bonds. The highest BCUT2D eigenvalue weighted by atomic mass is 35.5. The number of nitrogens with zero attached hydrogens (tertiary/aromatic N) is 2. The van der Waals surface area contributed by atoms with Crippen molar-refractivity contribution in [3.05, 3.63) is 0 Å². The maximum atomic E-state index is 12.2. The van der Waals surface area contributed by atoms with Gasteiger partial charge in [0.2, 0.25) is 5.91 Å². The van der Waals surface area contributed by atoms with Crippen LogP contribution in [0.4, 0.5) is 0 Å². The fraction of sp³-hybridized carbons (Fsp3) is 0.938. The zero-order chi connectivity index (χ0) is 14.5. The monoisotopic (exact) mass is 317 g/mol. The molecule has 0 unspecified atom stereocenters. The van der Waals surface area contributed by atoms with Crippen molar-refractivity contribution in [1.82, 2.24) is 9.80 Å². The van der Waals surface area contributed by atoms with Gasteiger partial charge in [0.25, 0.3) is 0 Å². The number of piperazine rings is 1. The lowest BCUT2D eigenvalue weighted by atomic mass is 9.89. The number of halogens is 1. The van der Waals surface area contributed by atoms with Gasteiger partial charge in [-0.05, 0) is 24.7 Å². The van der Waals surface area contributed by atoms with Crippen molar-refractivity contribution >= 4 is 18.3 Å². The third-order valence-electron chi connectivity index (χ3n) is 4.93. The molecule has 1 aliphatic carbocycles. The molecule has 0 spiro atoms. The van der Waals surface area contributed by atoms with Crippen LogP contribution in [0.15, 0.2) is 0 Å². The first kappa shape index (κ1) is 18.7. The number of hydrogen-bond donors (Lipinski definition) is 1. The van der Waals surface area contributed by atoms with Crippen molar-refractivity contribution in [2.75, 3.05) is 32.7 Å². The van der Waals surface area contributed by atoms with E-state index in [2.05, 4.69) is 4.90 Å². The van der Waals surface area contributed by atoms with Gasteiger partial charge < -0.3 is 10.6 Å². The van der Waals surface area contributed by atoms with Crippen molar-refractivity contribution in [1.29, 1.82) is 0 Å². The Morgan fingerprint density at radius 2 is 1.67 bits per heavy atom. The molecular formula is C16H32ClN3O. The van der Waals surface area contributed by atoms with E-state index in [1.54, 1.807) is 0 Å². The lowest BCUT2D eigenvalue weighted by Crippen LogP contribution is -2.54. The van der Waals surface area contributed by atoms with Crippen LogP contribution in [0.25, 0.3) is 0 Å². The molecule has 0 bridgehead atoms. The zero-order valence-corrected chi connectivity index (χ0v) is 14.4. The zero-order valence-electron chi connectivity index (χ0n) is 13.6. The van der Waals surface area contributed by atoms with Gasteiger partial charge in [-0.2, -0.15) is 0 Å². The molecule has 2 rings (SSSR count). The average molecular weight is 318 g/mol. The molecule has 1 atom stereocenters. The van der Waals surface area contributed by atoms with E-state index in [1.807, 2.05) is 18.7 Å². The summed E-state index contributed by atoms with van der Waals surface area (Å²) >= 11 is 0. The largest absolute Gasteiger partial charge is 0.339 e. The van der Waals surface area contributed by atoms with Crippen LogP contribution in [0, 0.1) is 11.8 Å². The molecule has 1 saturated carbocycles. The van der Waals surface area contributed by atoms with Crippen LogP contribution in [0.3, 0.4) is 0 Å². The van der Waals surface area contributed by atoms with E-state index >= 15 is 0 Å². The maximum Gasteiger partial charge on any atom is 0.239 e. The van der Waals surface area contributed by atoms with Gasteiger partial charge in [-0.3, -0.25) is 9.69 Å². The second kappa shape index (κ2) is 8.96. The van der Waals surface area contributed by atoms with E-state index in [-0.39, 0.29) is 30.3 Å². The summed E-state index contributed by atoms with van der Waals surface area (Å²) in [5.41, 5.74) is 5.97. The summed E-state index contributed by atoms with van der Waals surface area (Å²) in [6, 6.07) is -0.333. The molecule has 124 valence electrons. The Kier molecular flexibility index (Phi) is 7.99. The molecule has 0 aromatic heterocycles. The Labute approximate surface area is 135 Å². The molecule has 4 nitrogen and oxygen atoms in total. The van der Waals surface area contributed by atoms with Crippen LogP contribution >= 0.6 is 12.4 Å². The van der Waals surface area contributed by atoms with Gasteiger partial charge in [-0.1, -0.05) is 33.1 Å². The van der Waals surface area contributed by atoms with Crippen LogP contribution in [0.5, 0.6) is 0 Å². The summed E-state index contributed by atoms with van der Waals surface area (Å²) in [6.45, 7) is 9.01. The van der Waals surface area contributed by atoms with Crippen LogP contribution < -0.4 is 5.73 Å². The summed E-state index contributed by atoms with van der Waals surface area (Å²) in [4.78, 5) is 16.7. The molecule has 21 heavy (non-hydrogen) atoms. The normalized spacial score (nSPS) is 23.0. The summed E-state index contributed by atoms with van der Waals surface area (Å²) in [5.74, 6) is 1.25. The van der Waals surface area contributed by atoms with E-state index in [4.69, 9.17) is 5.73 Å². The second-order valence-corrected chi connectivity index (χ2v) is 6.90. The Balaban J connectivity index is 0.00000220. The molecule has 1 saturated heterocycles. The number of hydrogen-bond acceptors (Lipinski definition) is 3. The Hall–Kier alpha value is -0.320. The minimum Gasteiger partial charge on any atom is -0.339 e. The van der Waals surface area contributed by atoms with Gasteiger partial charge in [-0.15, -0.1) is 12.4 Å². The predicted molar refractivity (Wildman–Crippen MR) is 89.7 cm³/mol. The highest BCUT2D eigenvalue weighted by Gasteiger charge is 2.27. The number of rotatable bonds is 4. The molecule has 0 radical (unpaired) electrons. The fourth-order valence-electron chi connectivity index (χ4n) is 3.38. The van der Waals surface area contributed by atoms with Crippen LogP contribution in [-0.2, 0) is 4.79 Å². The summed E-state index contributed by atoms with van der Waals surface area (Å²) in [5, 5.41) is 0. The number of nitrogens with two attached hydrogens (primary N) is 1. The highest BCUT2D eigenvalue weighted by Crippen LogP contribution is 2.24. The van der Waals surface area contributed by atoms with Gasteiger partial charge in [0.1, 0.15) is 0 Å². The first-order valence-corrected chi connectivity index (χ1v) is 8.34. The van der Waals surface area contributed by atoms with Crippen molar-refractivity contribution in [2.45, 2.75) is 52.0 Å². The number of carbonyl (C=O) groups excluding carboxylic acids is 1. The topological polar surface area (TPSA) is 49.6 Å². The molecule has 1 heterocycles. The van der Waals surface area contributed by atoms with Crippen molar-refractivity contribution in [3.8, 4) is 0 Å². The van der Waals surface area contributed by atoms with Crippen LogP contribution in [-0.4, -0.2) is 54.5 Å². The van der Waals surface area contributed by atoms with E-state index < -0.39 is 0 Å². The molecule has 0 aromatic rings. The lowest BCUT2D eigenvalue weighted by molar-refractivity contribution is -0.135. The SMILES string of the molecule is CC(C)[C@H](N)C(=O)N1CCN(CC2CCCCC2)CC1.Cl. The molecule has 2 aliphatic rings. The van der Waals surface area contributed by atoms with Gasteiger partial charge >= 0.3 is 0 Å². The molecule has 1 aliphatic heterocycles.